The normalized spacial score (nSPS) is 12.3. The Morgan fingerprint density at radius 3 is 0.807 bits per heavy atom. The van der Waals surface area contributed by atoms with Gasteiger partial charge < -0.3 is 22.8 Å². The van der Waals surface area contributed by atoms with Crippen LogP contribution in [0.4, 0.5) is 0 Å². The van der Waals surface area contributed by atoms with Crippen LogP contribution in [0.25, 0.3) is 316 Å². The number of thiophene rings is 5. The van der Waals surface area contributed by atoms with E-state index in [4.69, 9.17) is 19.9 Å². The molecular formula is C136H77N9S5. The molecule has 0 saturated heterocycles. The van der Waals surface area contributed by atoms with Gasteiger partial charge in [-0.2, -0.15) is 0 Å². The average Bonchev–Trinajstić information content (AvgIpc) is 1.57. The van der Waals surface area contributed by atoms with E-state index in [0.29, 0.717) is 5.82 Å². The Morgan fingerprint density at radius 2 is 0.440 bits per heavy atom. The van der Waals surface area contributed by atoms with Crippen molar-refractivity contribution in [3.63, 3.8) is 0 Å². The number of nitrogens with zero attached hydrogens (tertiary/aromatic N) is 9. The molecule has 0 N–H and O–H groups in total. The lowest BCUT2D eigenvalue weighted by molar-refractivity contribution is 1.17. The van der Waals surface area contributed by atoms with Crippen molar-refractivity contribution in [2.45, 2.75) is 0 Å². The van der Waals surface area contributed by atoms with Crippen LogP contribution in [-0.2, 0) is 0 Å². The maximum Gasteiger partial charge on any atom is 0.160 e. The molecule has 0 radical (unpaired) electrons. The summed E-state index contributed by atoms with van der Waals surface area (Å²) in [5, 5.41) is 27.9. The molecule has 0 amide bonds. The summed E-state index contributed by atoms with van der Waals surface area (Å²) in [4.78, 5) is 21.1. The average molecular weight is 2000 g/mol. The van der Waals surface area contributed by atoms with E-state index in [0.717, 1.165) is 101 Å². The zero-order valence-electron chi connectivity index (χ0n) is 80.0. The van der Waals surface area contributed by atoms with Crippen LogP contribution < -0.4 is 0 Å². The summed E-state index contributed by atoms with van der Waals surface area (Å²) >= 11 is 9.44. The van der Waals surface area contributed by atoms with Crippen molar-refractivity contribution in [2.24, 2.45) is 0 Å². The molecule has 34 aromatic rings. The van der Waals surface area contributed by atoms with Crippen molar-refractivity contribution in [2.75, 3.05) is 0 Å². The topological polar surface area (TPSA) is 76.2 Å². The molecular weight excluding hydrogens is 1920 g/mol. The van der Waals surface area contributed by atoms with Crippen molar-refractivity contribution in [3.05, 3.63) is 467 Å². The molecule has 22 aromatic carbocycles. The lowest BCUT2D eigenvalue weighted by atomic mass is 9.99. The van der Waals surface area contributed by atoms with Crippen LogP contribution in [0.1, 0.15) is 0 Å². The summed E-state index contributed by atoms with van der Waals surface area (Å²) in [5.74, 6) is 1.39. The molecule has 12 aromatic heterocycles. The lowest BCUT2D eigenvalue weighted by Crippen LogP contribution is -1.99. The first-order valence-corrected chi connectivity index (χ1v) is 54.7. The number of para-hydroxylation sites is 5. The standard InChI is InChI=1S/C80H45N5S3.C56H32N4S2/c1-7-25-64-59(22-1)73-67(40-36-56-53-19-4-10-28-70(53)86-77(56)73)83(64)50-34-31-46(32-35-50)80-81-63-39-33-48(47-15-13-17-51(43-47)84-65-26-8-2-23-60(65)74-68(84)41-37-57-54-20-5-11-29-71(54)87-78(57)74)45-62(63)76(82-80)49-16-14-18-52(44-49)85-66-27-9-3-24-61(66)75-69(85)42-38-58-55-21-6-12-30-72(55)88-79(58)75;1-5-13-46-43(11-1)52-48(29-26-41-39-9-3-7-15-50(39)61-54(41)52)59(46)37-22-17-33(18-23-37)35-21-28-45-36(31-35)32-57-56(58-45)34-19-24-38(25-20-34)60-47-14-6-2-12-44(47)53-49(60)30-27-42-40-10-4-8-16-51(40)62-55(42)53/h1-45H;1-32H. The molecule has 9 nitrogen and oxygen atoms in total. The highest BCUT2D eigenvalue weighted by molar-refractivity contribution is 7.28. The van der Waals surface area contributed by atoms with Crippen LogP contribution in [0, 0.1) is 0 Å². The maximum absolute atomic E-state index is 5.68. The summed E-state index contributed by atoms with van der Waals surface area (Å²) in [6, 6.07) is 169. The molecule has 0 atom stereocenters. The quantitative estimate of drug-likeness (QED) is 0.137. The third-order valence-corrected chi connectivity index (χ3v) is 37.2. The molecule has 0 fully saturated rings. The molecule has 0 bridgehead atoms. The van der Waals surface area contributed by atoms with E-state index in [1.165, 1.54) is 210 Å². The number of rotatable bonds is 10. The van der Waals surface area contributed by atoms with Gasteiger partial charge in [-0.15, -0.1) is 56.7 Å². The second-order valence-corrected chi connectivity index (χ2v) is 44.5. The van der Waals surface area contributed by atoms with Crippen LogP contribution in [0.15, 0.2) is 467 Å². The second-order valence-electron chi connectivity index (χ2n) is 39.3. The number of hydrogen-bond acceptors (Lipinski definition) is 9. The zero-order chi connectivity index (χ0) is 97.8. The van der Waals surface area contributed by atoms with Gasteiger partial charge >= 0.3 is 0 Å². The van der Waals surface area contributed by atoms with Crippen LogP contribution in [0.3, 0.4) is 0 Å². The van der Waals surface area contributed by atoms with E-state index in [1.807, 2.05) is 62.9 Å². The first kappa shape index (κ1) is 83.9. The van der Waals surface area contributed by atoms with Crippen LogP contribution in [0.5, 0.6) is 0 Å². The van der Waals surface area contributed by atoms with Crippen molar-refractivity contribution in [1.29, 1.82) is 0 Å². The predicted molar refractivity (Wildman–Crippen MR) is 642 cm³/mol. The van der Waals surface area contributed by atoms with Gasteiger partial charge in [-0.05, 0) is 222 Å². The maximum atomic E-state index is 5.68. The number of fused-ring (bicyclic) bond motifs is 37. The molecule has 150 heavy (non-hydrogen) atoms. The van der Waals surface area contributed by atoms with E-state index in [9.17, 15) is 0 Å². The van der Waals surface area contributed by atoms with Crippen molar-refractivity contribution < 1.29 is 0 Å². The molecule has 14 heteroatoms. The molecule has 0 aliphatic rings. The van der Waals surface area contributed by atoms with E-state index in [-0.39, 0.29) is 0 Å². The third kappa shape index (κ3) is 12.5. The fourth-order valence-electron chi connectivity index (χ4n) is 24.5. The van der Waals surface area contributed by atoms with Gasteiger partial charge in [0.1, 0.15) is 0 Å². The van der Waals surface area contributed by atoms with Gasteiger partial charge in [0.05, 0.1) is 71.9 Å². The Hall–Kier alpha value is -18.4. The molecule has 34 rings (SSSR count). The Morgan fingerprint density at radius 1 is 0.160 bits per heavy atom. The van der Waals surface area contributed by atoms with Crippen LogP contribution >= 0.6 is 56.7 Å². The Labute approximate surface area is 875 Å². The van der Waals surface area contributed by atoms with E-state index < -0.39 is 0 Å². The summed E-state index contributed by atoms with van der Waals surface area (Å²) in [7, 11) is 0. The summed E-state index contributed by atoms with van der Waals surface area (Å²) in [6.45, 7) is 0. The SMILES string of the molecule is c1cc(-c2ccc3nc(-c4ccc(-n5c6ccccc6c6c7sc8ccccc8c7ccc65)cc4)nc(-c4cccc(-n5c6ccccc6c6c7sc8ccccc8c7ccc65)c4)c3c2)cc(-n2c3ccccc3c3c4sc5ccccc5c4ccc32)c1.c1ccc2c(c1)sc1c2ccc2c1c1ccccc1n2-c1ccc(-c2ccc3nc(-c4ccc(-n5c6ccccc6c6c7sc8ccccc8c7ccc65)cc4)ncc3c2)cc1. The summed E-state index contributed by atoms with van der Waals surface area (Å²) in [6.07, 6.45) is 1.96. The minimum absolute atomic E-state index is 0.673. The first-order valence-electron chi connectivity index (χ1n) is 50.7. The van der Waals surface area contributed by atoms with Crippen LogP contribution in [0.2, 0.25) is 0 Å². The Kier molecular flexibility index (Phi) is 18.2. The van der Waals surface area contributed by atoms with Gasteiger partial charge in [-0.3, -0.25) is 0 Å². The predicted octanol–water partition coefficient (Wildman–Crippen LogP) is 38.9. The third-order valence-electron chi connectivity index (χ3n) is 31.2. The van der Waals surface area contributed by atoms with Gasteiger partial charge in [0, 0.05) is 217 Å². The minimum atomic E-state index is 0.673. The van der Waals surface area contributed by atoms with Crippen molar-refractivity contribution >= 4 is 288 Å². The van der Waals surface area contributed by atoms with E-state index in [2.05, 4.69) is 484 Å². The Bertz CT molecular complexity index is 11600. The lowest BCUT2D eigenvalue weighted by Gasteiger charge is -2.14. The molecule has 0 aliphatic heterocycles. The summed E-state index contributed by atoms with van der Waals surface area (Å²) < 4.78 is 25.3. The number of benzene rings is 22. The molecule has 0 saturated carbocycles. The van der Waals surface area contributed by atoms with Gasteiger partial charge in [0.15, 0.2) is 11.6 Å². The fraction of sp³-hybridized carbons (Fsp3) is 0. The van der Waals surface area contributed by atoms with Gasteiger partial charge in [-0.1, -0.05) is 261 Å². The molecule has 0 spiro atoms. The van der Waals surface area contributed by atoms with E-state index >= 15 is 0 Å². The highest BCUT2D eigenvalue weighted by Gasteiger charge is 2.28. The smallest absolute Gasteiger partial charge is 0.160 e. The molecule has 0 aliphatic carbocycles. The number of hydrogen-bond donors (Lipinski definition) is 0. The highest BCUT2D eigenvalue weighted by Crippen LogP contribution is 2.52. The molecule has 12 heterocycles. The van der Waals surface area contributed by atoms with E-state index in [1.54, 1.807) is 0 Å². The van der Waals surface area contributed by atoms with Crippen molar-refractivity contribution in [1.82, 2.24) is 42.8 Å². The van der Waals surface area contributed by atoms with Gasteiger partial charge in [0.2, 0.25) is 0 Å². The first-order chi connectivity index (χ1) is 74.4. The van der Waals surface area contributed by atoms with Gasteiger partial charge in [0.25, 0.3) is 0 Å². The monoisotopic (exact) mass is 2000 g/mol. The largest absolute Gasteiger partial charge is 0.309 e. The second kappa shape index (κ2) is 32.6. The zero-order valence-corrected chi connectivity index (χ0v) is 84.1. The van der Waals surface area contributed by atoms with Crippen molar-refractivity contribution in [3.8, 4) is 84.7 Å². The minimum Gasteiger partial charge on any atom is -0.309 e. The number of aromatic nitrogens is 9. The fourth-order valence-corrected chi connectivity index (χ4v) is 30.8. The molecule has 696 valence electrons. The highest BCUT2D eigenvalue weighted by atomic mass is 32.1. The summed E-state index contributed by atoms with van der Waals surface area (Å²) in [5.41, 5.74) is 27.6. The van der Waals surface area contributed by atoms with Crippen LogP contribution in [-0.4, -0.2) is 42.8 Å². The Balaban J connectivity index is 0.000000138. The molecule has 0 unspecified atom stereocenters. The van der Waals surface area contributed by atoms with Gasteiger partial charge in [-0.25, -0.2) is 19.9 Å².